The van der Waals surface area contributed by atoms with E-state index in [-0.39, 0.29) is 21.7 Å². The number of benzene rings is 1. The molecule has 3 heterocycles. The van der Waals surface area contributed by atoms with Crippen molar-refractivity contribution < 1.29 is 17.5 Å². The minimum atomic E-state index is -3.76. The van der Waals surface area contributed by atoms with Crippen molar-refractivity contribution in [2.75, 3.05) is 19.7 Å². The Morgan fingerprint density at radius 1 is 1.24 bits per heavy atom. The second-order valence-corrected chi connectivity index (χ2v) is 11.8. The summed E-state index contributed by atoms with van der Waals surface area (Å²) in [5.74, 6) is 0.0578. The molecule has 3 aliphatic heterocycles. The van der Waals surface area contributed by atoms with Gasteiger partial charge in [-0.1, -0.05) is 23.9 Å². The Bertz CT molecular complexity index is 996. The maximum atomic E-state index is 14.0. The second kappa shape index (κ2) is 6.72. The monoisotopic (exact) mass is 437 g/mol. The van der Waals surface area contributed by atoms with Gasteiger partial charge in [-0.25, -0.2) is 17.8 Å². The standard InChI is InChI=1S/C20H24FN3O3S2/c1-13-10-27-19-17(28-14(2)22-19)9-24(13)15-7-20(8-15)11-23(12-20)29(25,26)18-6-4-3-5-16(18)21/h3-6,9,13-15H,7-8,10-12H2,1-2H3/t13-,14?/m1/s1. The predicted molar refractivity (Wildman–Crippen MR) is 110 cm³/mol. The first-order valence-electron chi connectivity index (χ1n) is 9.89. The lowest BCUT2D eigenvalue weighted by atomic mass is 9.61. The van der Waals surface area contributed by atoms with E-state index in [0.717, 1.165) is 23.6 Å². The first kappa shape index (κ1) is 19.4. The fourth-order valence-electron chi connectivity index (χ4n) is 4.77. The van der Waals surface area contributed by atoms with Gasteiger partial charge < -0.3 is 9.64 Å². The molecule has 2 fully saturated rings. The van der Waals surface area contributed by atoms with Crippen molar-refractivity contribution in [2.45, 2.75) is 49.0 Å². The van der Waals surface area contributed by atoms with Gasteiger partial charge in [0.1, 0.15) is 22.7 Å². The van der Waals surface area contributed by atoms with Crippen LogP contribution in [-0.4, -0.2) is 60.7 Å². The summed E-state index contributed by atoms with van der Waals surface area (Å²) in [6, 6.07) is 6.20. The van der Waals surface area contributed by atoms with Gasteiger partial charge in [-0.15, -0.1) is 0 Å². The zero-order valence-corrected chi connectivity index (χ0v) is 18.0. The molecule has 1 aromatic rings. The lowest BCUT2D eigenvalue weighted by Crippen LogP contribution is -2.67. The molecule has 1 saturated heterocycles. The van der Waals surface area contributed by atoms with Crippen LogP contribution in [0.3, 0.4) is 0 Å². The van der Waals surface area contributed by atoms with Crippen molar-refractivity contribution in [2.24, 2.45) is 10.4 Å². The van der Waals surface area contributed by atoms with Gasteiger partial charge in [0.25, 0.3) is 0 Å². The van der Waals surface area contributed by atoms with Crippen LogP contribution in [0.4, 0.5) is 4.39 Å². The highest BCUT2D eigenvalue weighted by Crippen LogP contribution is 2.52. The van der Waals surface area contributed by atoms with Gasteiger partial charge in [-0.3, -0.25) is 0 Å². The number of ether oxygens (including phenoxy) is 1. The Morgan fingerprint density at radius 3 is 2.69 bits per heavy atom. The van der Waals surface area contributed by atoms with E-state index in [1.54, 1.807) is 17.8 Å². The summed E-state index contributed by atoms with van der Waals surface area (Å²) in [6.07, 6.45) is 4.06. The fraction of sp³-hybridized carbons (Fsp3) is 0.550. The maximum absolute atomic E-state index is 14.0. The molecule has 1 unspecified atom stereocenters. The molecule has 9 heteroatoms. The summed E-state index contributed by atoms with van der Waals surface area (Å²) < 4.78 is 46.7. The van der Waals surface area contributed by atoms with E-state index in [0.29, 0.717) is 25.7 Å². The summed E-state index contributed by atoms with van der Waals surface area (Å²) in [5, 5.41) is 0.183. The molecule has 4 aliphatic rings. The van der Waals surface area contributed by atoms with E-state index in [9.17, 15) is 12.8 Å². The Labute approximate surface area is 174 Å². The molecule has 1 spiro atoms. The zero-order chi connectivity index (χ0) is 20.4. The van der Waals surface area contributed by atoms with Crippen molar-refractivity contribution in [3.63, 3.8) is 0 Å². The first-order valence-corrected chi connectivity index (χ1v) is 12.2. The third-order valence-corrected chi connectivity index (χ3v) is 9.09. The van der Waals surface area contributed by atoms with Crippen LogP contribution in [0.25, 0.3) is 0 Å². The lowest BCUT2D eigenvalue weighted by Gasteiger charge is -2.60. The van der Waals surface area contributed by atoms with Gasteiger partial charge in [-0.2, -0.15) is 4.31 Å². The molecular weight excluding hydrogens is 413 g/mol. The Morgan fingerprint density at radius 2 is 1.97 bits per heavy atom. The van der Waals surface area contributed by atoms with Crippen LogP contribution in [0, 0.1) is 11.2 Å². The average Bonchev–Trinajstić information content (AvgIpc) is 2.88. The molecule has 0 aromatic heterocycles. The van der Waals surface area contributed by atoms with Crippen molar-refractivity contribution in [1.82, 2.24) is 9.21 Å². The summed E-state index contributed by atoms with van der Waals surface area (Å²) in [4.78, 5) is 7.75. The number of sulfonamides is 1. The van der Waals surface area contributed by atoms with Gasteiger partial charge in [0.2, 0.25) is 15.9 Å². The van der Waals surface area contributed by atoms with Crippen LogP contribution >= 0.6 is 11.8 Å². The normalized spacial score (nSPS) is 29.3. The van der Waals surface area contributed by atoms with Gasteiger partial charge in [0.15, 0.2) is 0 Å². The molecule has 0 bridgehead atoms. The van der Waals surface area contributed by atoms with E-state index < -0.39 is 15.8 Å². The van der Waals surface area contributed by atoms with E-state index in [2.05, 4.69) is 29.9 Å². The molecule has 0 amide bonds. The largest absolute Gasteiger partial charge is 0.475 e. The quantitative estimate of drug-likeness (QED) is 0.727. The minimum absolute atomic E-state index is 0.0153. The van der Waals surface area contributed by atoms with Gasteiger partial charge >= 0.3 is 0 Å². The summed E-state index contributed by atoms with van der Waals surface area (Å²) in [7, 11) is -3.76. The molecule has 1 saturated carbocycles. The Balaban J connectivity index is 1.25. The maximum Gasteiger partial charge on any atom is 0.246 e. The van der Waals surface area contributed by atoms with E-state index in [1.165, 1.54) is 22.5 Å². The van der Waals surface area contributed by atoms with Gasteiger partial charge in [0, 0.05) is 30.7 Å². The highest BCUT2D eigenvalue weighted by molar-refractivity contribution is 8.04. The zero-order valence-electron chi connectivity index (χ0n) is 16.4. The van der Waals surface area contributed by atoms with Crippen molar-refractivity contribution in [1.29, 1.82) is 0 Å². The van der Waals surface area contributed by atoms with E-state index >= 15 is 0 Å². The van der Waals surface area contributed by atoms with Crippen LogP contribution < -0.4 is 0 Å². The molecule has 5 rings (SSSR count). The molecule has 29 heavy (non-hydrogen) atoms. The Kier molecular flexibility index (Phi) is 4.49. The average molecular weight is 438 g/mol. The number of nitrogens with zero attached hydrogens (tertiary/aromatic N) is 3. The van der Waals surface area contributed by atoms with Crippen LogP contribution in [-0.2, 0) is 14.8 Å². The molecule has 1 aliphatic carbocycles. The first-order chi connectivity index (χ1) is 13.8. The number of thioether (sulfide) groups is 1. The van der Waals surface area contributed by atoms with Crippen LogP contribution in [0.2, 0.25) is 0 Å². The lowest BCUT2D eigenvalue weighted by molar-refractivity contribution is -0.0732. The molecule has 0 radical (unpaired) electrons. The van der Waals surface area contributed by atoms with E-state index in [4.69, 9.17) is 4.74 Å². The van der Waals surface area contributed by atoms with Crippen LogP contribution in [0.1, 0.15) is 26.7 Å². The van der Waals surface area contributed by atoms with Crippen molar-refractivity contribution in [3.8, 4) is 0 Å². The predicted octanol–water partition coefficient (Wildman–Crippen LogP) is 3.03. The number of halogens is 1. The number of aliphatic imine (C=N–C) groups is 1. The third-order valence-electron chi connectivity index (χ3n) is 6.28. The Hall–Kier alpha value is -1.58. The highest BCUT2D eigenvalue weighted by Gasteiger charge is 2.57. The molecule has 156 valence electrons. The van der Waals surface area contributed by atoms with Crippen molar-refractivity contribution in [3.05, 3.63) is 41.2 Å². The van der Waals surface area contributed by atoms with Crippen LogP contribution in [0.15, 0.2) is 45.3 Å². The topological polar surface area (TPSA) is 62.2 Å². The number of hydrogen-bond acceptors (Lipinski definition) is 6. The molecule has 1 aromatic carbocycles. The van der Waals surface area contributed by atoms with Gasteiger partial charge in [-0.05, 0) is 38.8 Å². The summed E-state index contributed by atoms with van der Waals surface area (Å²) in [6.45, 7) is 5.74. The third kappa shape index (κ3) is 3.18. The SMILES string of the molecule is CC1N=C2OC[C@@H](C)N(C3CC4(C3)CN(S(=O)(=O)c3ccccc3F)C4)C=C2S1. The molecule has 6 nitrogen and oxygen atoms in total. The van der Waals surface area contributed by atoms with Crippen LogP contribution in [0.5, 0.6) is 0 Å². The number of hydrogen-bond donors (Lipinski definition) is 0. The minimum Gasteiger partial charge on any atom is -0.475 e. The second-order valence-electron chi connectivity index (χ2n) is 8.52. The molecule has 2 atom stereocenters. The van der Waals surface area contributed by atoms with Crippen molar-refractivity contribution >= 4 is 27.7 Å². The fourth-order valence-corrected chi connectivity index (χ4v) is 7.41. The summed E-state index contributed by atoms with van der Waals surface area (Å²) >= 11 is 1.71. The molecular formula is C20H24FN3O3S2. The molecule has 0 N–H and O–H groups in total. The van der Waals surface area contributed by atoms with E-state index in [1.807, 2.05) is 0 Å². The highest BCUT2D eigenvalue weighted by atomic mass is 32.2. The number of rotatable bonds is 3. The van der Waals surface area contributed by atoms with Gasteiger partial charge in [0.05, 0.1) is 10.9 Å². The summed E-state index contributed by atoms with van der Waals surface area (Å²) in [5.41, 5.74) is 0.0153. The number of fused-ring (bicyclic) bond motifs is 1. The smallest absolute Gasteiger partial charge is 0.246 e.